The Labute approximate surface area is 119 Å². The van der Waals surface area contributed by atoms with Gasteiger partial charge in [-0.25, -0.2) is 8.42 Å². The van der Waals surface area contributed by atoms with Crippen molar-refractivity contribution in [1.29, 1.82) is 0 Å². The van der Waals surface area contributed by atoms with Crippen LogP contribution in [0.1, 0.15) is 23.6 Å². The summed E-state index contributed by atoms with van der Waals surface area (Å²) in [6, 6.07) is 16.0. The molecule has 1 aliphatic carbocycles. The highest BCUT2D eigenvalue weighted by Gasteiger charge is 2.36. The van der Waals surface area contributed by atoms with Crippen LogP contribution in [0.3, 0.4) is 0 Å². The van der Waals surface area contributed by atoms with E-state index >= 15 is 0 Å². The van der Waals surface area contributed by atoms with E-state index in [1.165, 1.54) is 5.56 Å². The number of hydrogen-bond donors (Lipinski definition) is 1. The summed E-state index contributed by atoms with van der Waals surface area (Å²) in [5.41, 5.74) is 8.36. The van der Waals surface area contributed by atoms with E-state index in [-0.39, 0.29) is 0 Å². The fourth-order valence-corrected chi connectivity index (χ4v) is 4.74. The lowest BCUT2D eigenvalue weighted by Gasteiger charge is -2.30. The summed E-state index contributed by atoms with van der Waals surface area (Å²) in [5, 5.41) is -0.542. The highest BCUT2D eigenvalue weighted by molar-refractivity contribution is 7.92. The molecule has 0 heterocycles. The maximum absolute atomic E-state index is 12.7. The van der Waals surface area contributed by atoms with Gasteiger partial charge < -0.3 is 5.73 Å². The van der Waals surface area contributed by atoms with E-state index in [4.69, 9.17) is 5.73 Å². The third kappa shape index (κ3) is 2.15. The predicted octanol–water partition coefficient (Wildman–Crippen LogP) is 2.48. The lowest BCUT2D eigenvalue weighted by atomic mass is 9.88. The van der Waals surface area contributed by atoms with Crippen LogP contribution in [-0.4, -0.2) is 13.7 Å². The molecule has 4 heteroatoms. The fourth-order valence-electron chi connectivity index (χ4n) is 2.90. The first-order chi connectivity index (χ1) is 9.60. The van der Waals surface area contributed by atoms with Crippen molar-refractivity contribution < 1.29 is 8.42 Å². The van der Waals surface area contributed by atoms with E-state index in [0.717, 1.165) is 12.0 Å². The molecule has 104 valence electrons. The van der Waals surface area contributed by atoms with Crippen LogP contribution in [0.4, 0.5) is 0 Å². The van der Waals surface area contributed by atoms with Crippen LogP contribution in [-0.2, 0) is 16.3 Å². The monoisotopic (exact) mass is 287 g/mol. The van der Waals surface area contributed by atoms with Gasteiger partial charge in [0.25, 0.3) is 0 Å². The molecule has 0 aromatic heterocycles. The number of fused-ring (bicyclic) bond motifs is 1. The van der Waals surface area contributed by atoms with Gasteiger partial charge in [0.05, 0.1) is 10.1 Å². The van der Waals surface area contributed by atoms with Crippen molar-refractivity contribution in [1.82, 2.24) is 0 Å². The molecule has 1 aliphatic rings. The normalized spacial score (nSPS) is 22.2. The summed E-state index contributed by atoms with van der Waals surface area (Å²) < 4.78 is 25.5. The first-order valence-corrected chi connectivity index (χ1v) is 8.27. The first-order valence-electron chi connectivity index (χ1n) is 6.73. The predicted molar refractivity (Wildman–Crippen MR) is 79.1 cm³/mol. The largest absolute Gasteiger partial charge is 0.323 e. The van der Waals surface area contributed by atoms with Crippen LogP contribution < -0.4 is 5.73 Å². The molecular formula is C16H17NO2S. The van der Waals surface area contributed by atoms with Gasteiger partial charge in [-0.15, -0.1) is 0 Å². The highest BCUT2D eigenvalue weighted by Crippen LogP contribution is 2.34. The van der Waals surface area contributed by atoms with Gasteiger partial charge in [0.1, 0.15) is 0 Å². The Bertz CT molecular complexity index is 710. The third-order valence-electron chi connectivity index (χ3n) is 3.98. The number of sulfone groups is 1. The maximum Gasteiger partial charge on any atom is 0.183 e. The molecule has 20 heavy (non-hydrogen) atoms. The Morgan fingerprint density at radius 2 is 1.60 bits per heavy atom. The van der Waals surface area contributed by atoms with E-state index < -0.39 is 21.1 Å². The van der Waals surface area contributed by atoms with E-state index in [1.54, 1.807) is 24.3 Å². The summed E-state index contributed by atoms with van der Waals surface area (Å²) in [6.45, 7) is 0. The lowest BCUT2D eigenvalue weighted by Crippen LogP contribution is -2.37. The lowest BCUT2D eigenvalue weighted by molar-refractivity contribution is 0.521. The topological polar surface area (TPSA) is 60.2 Å². The smallest absolute Gasteiger partial charge is 0.183 e. The van der Waals surface area contributed by atoms with Gasteiger partial charge in [0.15, 0.2) is 9.84 Å². The summed E-state index contributed by atoms with van der Waals surface area (Å²) in [4.78, 5) is 0.361. The molecule has 2 aromatic rings. The second kappa shape index (κ2) is 5.04. The Balaban J connectivity index is 2.01. The van der Waals surface area contributed by atoms with Gasteiger partial charge in [0.2, 0.25) is 0 Å². The maximum atomic E-state index is 12.7. The highest BCUT2D eigenvalue weighted by atomic mass is 32.2. The SMILES string of the molecule is NC1c2ccccc2CCC1S(=O)(=O)c1ccccc1. The number of nitrogens with two attached hydrogens (primary N) is 1. The van der Waals surface area contributed by atoms with E-state index in [9.17, 15) is 8.42 Å². The zero-order valence-electron chi connectivity index (χ0n) is 11.1. The second-order valence-corrected chi connectivity index (χ2v) is 7.33. The molecule has 0 saturated carbocycles. The molecular weight excluding hydrogens is 270 g/mol. The molecule has 2 aromatic carbocycles. The first kappa shape index (κ1) is 13.3. The fraction of sp³-hybridized carbons (Fsp3) is 0.250. The van der Waals surface area contributed by atoms with Gasteiger partial charge in [0, 0.05) is 6.04 Å². The van der Waals surface area contributed by atoms with Crippen LogP contribution in [0.25, 0.3) is 0 Å². The van der Waals surface area contributed by atoms with Gasteiger partial charge in [-0.1, -0.05) is 42.5 Å². The van der Waals surface area contributed by atoms with Crippen molar-refractivity contribution in [3.05, 3.63) is 65.7 Å². The van der Waals surface area contributed by atoms with Crippen molar-refractivity contribution in [2.24, 2.45) is 5.73 Å². The Morgan fingerprint density at radius 3 is 2.35 bits per heavy atom. The van der Waals surface area contributed by atoms with Crippen LogP contribution in [0, 0.1) is 0 Å². The molecule has 2 atom stereocenters. The van der Waals surface area contributed by atoms with Crippen LogP contribution in [0.5, 0.6) is 0 Å². The third-order valence-corrected chi connectivity index (χ3v) is 6.24. The van der Waals surface area contributed by atoms with Crippen molar-refractivity contribution >= 4 is 9.84 Å². The molecule has 0 fully saturated rings. The summed E-state index contributed by atoms with van der Waals surface area (Å²) in [7, 11) is -3.38. The summed E-state index contributed by atoms with van der Waals surface area (Å²) in [6.07, 6.45) is 1.34. The molecule has 2 unspecified atom stereocenters. The Kier molecular flexibility index (Phi) is 3.36. The molecule has 0 spiro atoms. The average Bonchev–Trinajstić information content (AvgIpc) is 2.48. The summed E-state index contributed by atoms with van der Waals surface area (Å²) in [5.74, 6) is 0. The van der Waals surface area contributed by atoms with Crippen molar-refractivity contribution in [2.45, 2.75) is 29.0 Å². The zero-order chi connectivity index (χ0) is 14.2. The molecule has 0 amide bonds. The van der Waals surface area contributed by atoms with E-state index in [2.05, 4.69) is 0 Å². The number of aryl methyl sites for hydroxylation is 1. The molecule has 0 aliphatic heterocycles. The number of benzene rings is 2. The minimum atomic E-state index is -3.38. The van der Waals surface area contributed by atoms with Crippen LogP contribution in [0.2, 0.25) is 0 Å². The number of hydrogen-bond acceptors (Lipinski definition) is 3. The van der Waals surface area contributed by atoms with Crippen LogP contribution in [0.15, 0.2) is 59.5 Å². The molecule has 2 N–H and O–H groups in total. The molecule has 0 radical (unpaired) electrons. The quantitative estimate of drug-likeness (QED) is 0.923. The van der Waals surface area contributed by atoms with Crippen LogP contribution >= 0.6 is 0 Å². The summed E-state index contributed by atoms with van der Waals surface area (Å²) >= 11 is 0. The minimum absolute atomic E-state index is 0.361. The van der Waals surface area contributed by atoms with Gasteiger partial charge in [-0.3, -0.25) is 0 Å². The molecule has 0 bridgehead atoms. The number of rotatable bonds is 2. The van der Waals surface area contributed by atoms with Gasteiger partial charge >= 0.3 is 0 Å². The van der Waals surface area contributed by atoms with Gasteiger partial charge in [-0.2, -0.15) is 0 Å². The van der Waals surface area contributed by atoms with Crippen molar-refractivity contribution in [3.8, 4) is 0 Å². The Morgan fingerprint density at radius 1 is 0.950 bits per heavy atom. The molecule has 3 rings (SSSR count). The molecule has 3 nitrogen and oxygen atoms in total. The molecule has 0 saturated heterocycles. The van der Waals surface area contributed by atoms with E-state index in [1.807, 2.05) is 30.3 Å². The van der Waals surface area contributed by atoms with Crippen molar-refractivity contribution in [2.75, 3.05) is 0 Å². The standard InChI is InChI=1S/C16H17NO2S/c17-16-14-9-5-4-6-12(14)10-11-15(16)20(18,19)13-7-2-1-3-8-13/h1-9,15-16H,10-11,17H2. The average molecular weight is 287 g/mol. The zero-order valence-corrected chi connectivity index (χ0v) is 11.9. The van der Waals surface area contributed by atoms with Gasteiger partial charge in [-0.05, 0) is 36.1 Å². The van der Waals surface area contributed by atoms with E-state index in [0.29, 0.717) is 11.3 Å². The van der Waals surface area contributed by atoms with Crippen molar-refractivity contribution in [3.63, 3.8) is 0 Å². The Hall–Kier alpha value is -1.65. The minimum Gasteiger partial charge on any atom is -0.323 e. The second-order valence-electron chi connectivity index (χ2n) is 5.16.